The van der Waals surface area contributed by atoms with Crippen LogP contribution in [-0.4, -0.2) is 37.7 Å². The minimum absolute atomic E-state index is 0.554. The third-order valence-corrected chi connectivity index (χ3v) is 4.21. The molecule has 0 bridgehead atoms. The molecule has 1 aliphatic heterocycles. The van der Waals surface area contributed by atoms with Crippen LogP contribution in [0.15, 0.2) is 24.3 Å². The van der Waals surface area contributed by atoms with Crippen LogP contribution in [0.3, 0.4) is 0 Å². The Morgan fingerprint density at radius 3 is 2.87 bits per heavy atom. The molecular formula is C19H29N3O. The third kappa shape index (κ3) is 7.49. The Labute approximate surface area is 140 Å². The summed E-state index contributed by atoms with van der Waals surface area (Å²) in [5.41, 5.74) is 1.25. The molecule has 0 atom stereocenters. The molecule has 1 aromatic carbocycles. The van der Waals surface area contributed by atoms with Gasteiger partial charge in [0.15, 0.2) is 0 Å². The highest BCUT2D eigenvalue weighted by atomic mass is 16.5. The van der Waals surface area contributed by atoms with E-state index in [0.29, 0.717) is 13.0 Å². The van der Waals surface area contributed by atoms with Crippen molar-refractivity contribution in [1.82, 2.24) is 10.2 Å². The molecule has 23 heavy (non-hydrogen) atoms. The number of hydrogen-bond donors (Lipinski definition) is 1. The van der Waals surface area contributed by atoms with Gasteiger partial charge >= 0.3 is 0 Å². The summed E-state index contributed by atoms with van der Waals surface area (Å²) >= 11 is 0. The number of rotatable bonds is 10. The van der Waals surface area contributed by atoms with E-state index in [2.05, 4.69) is 28.4 Å². The monoisotopic (exact) mass is 315 g/mol. The maximum atomic E-state index is 8.51. The number of nitriles is 1. The fraction of sp³-hybridized carbons (Fsp3) is 0.632. The lowest BCUT2D eigenvalue weighted by Crippen LogP contribution is -2.32. The van der Waals surface area contributed by atoms with Crippen molar-refractivity contribution in [3.05, 3.63) is 29.8 Å². The van der Waals surface area contributed by atoms with Crippen LogP contribution in [0.1, 0.15) is 44.1 Å². The van der Waals surface area contributed by atoms with E-state index in [-0.39, 0.29) is 0 Å². The van der Waals surface area contributed by atoms with Gasteiger partial charge in [0.05, 0.1) is 12.7 Å². The fourth-order valence-electron chi connectivity index (χ4n) is 2.93. The zero-order chi connectivity index (χ0) is 16.2. The second-order valence-electron chi connectivity index (χ2n) is 6.19. The Morgan fingerprint density at radius 1 is 1.17 bits per heavy atom. The van der Waals surface area contributed by atoms with Gasteiger partial charge in [0.1, 0.15) is 5.75 Å². The Balaban J connectivity index is 1.58. The third-order valence-electron chi connectivity index (χ3n) is 4.21. The van der Waals surface area contributed by atoms with Crippen molar-refractivity contribution in [2.24, 2.45) is 0 Å². The minimum Gasteiger partial charge on any atom is -0.494 e. The maximum Gasteiger partial charge on any atom is 0.119 e. The molecule has 1 N–H and O–H groups in total. The first-order valence-electron chi connectivity index (χ1n) is 8.90. The van der Waals surface area contributed by atoms with Gasteiger partial charge in [-0.05, 0) is 69.6 Å². The summed E-state index contributed by atoms with van der Waals surface area (Å²) in [6.45, 7) is 6.34. The molecule has 0 amide bonds. The first kappa shape index (κ1) is 17.8. The van der Waals surface area contributed by atoms with Crippen molar-refractivity contribution in [2.75, 3.05) is 32.8 Å². The van der Waals surface area contributed by atoms with E-state index in [0.717, 1.165) is 25.3 Å². The van der Waals surface area contributed by atoms with Crippen LogP contribution < -0.4 is 10.1 Å². The molecule has 0 unspecified atom stereocenters. The van der Waals surface area contributed by atoms with Crippen LogP contribution in [0.4, 0.5) is 0 Å². The molecule has 1 aromatic rings. The summed E-state index contributed by atoms with van der Waals surface area (Å²) in [4.78, 5) is 2.58. The lowest BCUT2D eigenvalue weighted by Gasteiger charge is -2.26. The van der Waals surface area contributed by atoms with Gasteiger partial charge in [0.25, 0.3) is 0 Å². The molecule has 0 radical (unpaired) electrons. The van der Waals surface area contributed by atoms with Crippen molar-refractivity contribution in [3.8, 4) is 11.8 Å². The summed E-state index contributed by atoms with van der Waals surface area (Å²) in [6.07, 6.45) is 6.70. The van der Waals surface area contributed by atoms with Crippen LogP contribution in [0.25, 0.3) is 0 Å². The van der Waals surface area contributed by atoms with Crippen LogP contribution in [-0.2, 0) is 6.54 Å². The quantitative estimate of drug-likeness (QED) is 0.673. The van der Waals surface area contributed by atoms with Gasteiger partial charge in [-0.25, -0.2) is 0 Å². The summed E-state index contributed by atoms with van der Waals surface area (Å²) in [7, 11) is 0. The summed E-state index contributed by atoms with van der Waals surface area (Å²) in [6, 6.07) is 10.4. The molecule has 4 heteroatoms. The van der Waals surface area contributed by atoms with Crippen LogP contribution in [0.5, 0.6) is 5.75 Å². The predicted octanol–water partition coefficient (Wildman–Crippen LogP) is 3.33. The Hall–Kier alpha value is -1.57. The van der Waals surface area contributed by atoms with Gasteiger partial charge in [0.2, 0.25) is 0 Å². The highest BCUT2D eigenvalue weighted by molar-refractivity contribution is 5.28. The predicted molar refractivity (Wildman–Crippen MR) is 93.4 cm³/mol. The lowest BCUT2D eigenvalue weighted by atomic mass is 10.1. The smallest absolute Gasteiger partial charge is 0.119 e. The van der Waals surface area contributed by atoms with Crippen LogP contribution in [0.2, 0.25) is 0 Å². The lowest BCUT2D eigenvalue weighted by molar-refractivity contribution is 0.225. The maximum absolute atomic E-state index is 8.51. The van der Waals surface area contributed by atoms with Crippen molar-refractivity contribution in [3.63, 3.8) is 0 Å². The van der Waals surface area contributed by atoms with Gasteiger partial charge in [-0.15, -0.1) is 0 Å². The second kappa shape index (κ2) is 11.0. The van der Waals surface area contributed by atoms with E-state index >= 15 is 0 Å². The molecular weight excluding hydrogens is 286 g/mol. The number of unbranched alkanes of at least 4 members (excludes halogenated alkanes) is 1. The van der Waals surface area contributed by atoms with Crippen LogP contribution in [0, 0.1) is 11.3 Å². The van der Waals surface area contributed by atoms with Gasteiger partial charge in [0, 0.05) is 13.0 Å². The number of piperidine rings is 1. The molecule has 4 nitrogen and oxygen atoms in total. The number of nitrogens with one attached hydrogen (secondary N) is 1. The first-order valence-corrected chi connectivity index (χ1v) is 8.90. The molecule has 0 saturated carbocycles. The topological polar surface area (TPSA) is 48.3 Å². The van der Waals surface area contributed by atoms with Crippen molar-refractivity contribution >= 4 is 0 Å². The molecule has 126 valence electrons. The average Bonchev–Trinajstić information content (AvgIpc) is 2.60. The highest BCUT2D eigenvalue weighted by Gasteiger charge is 2.08. The van der Waals surface area contributed by atoms with Gasteiger partial charge in [-0.3, -0.25) is 0 Å². The van der Waals surface area contributed by atoms with Gasteiger partial charge in [-0.1, -0.05) is 18.6 Å². The summed E-state index contributed by atoms with van der Waals surface area (Å²) < 4.78 is 5.67. The second-order valence-corrected chi connectivity index (χ2v) is 6.19. The SMILES string of the molecule is N#CCCCOc1cccc(CNCCCN2CCCCC2)c1. The van der Waals surface area contributed by atoms with Gasteiger partial charge < -0.3 is 15.0 Å². The molecule has 1 aliphatic rings. The molecule has 0 aromatic heterocycles. The molecule has 1 fully saturated rings. The molecule has 0 aliphatic carbocycles. The Kier molecular flexibility index (Phi) is 8.53. The standard InChI is InChI=1S/C19H29N3O/c20-10-2-5-15-23-19-9-6-8-18(16-19)17-21-11-7-14-22-12-3-1-4-13-22/h6,8-9,16,21H,1-5,7,11-15,17H2. The number of nitrogens with zero attached hydrogens (tertiary/aromatic N) is 2. The Morgan fingerprint density at radius 2 is 2.04 bits per heavy atom. The van der Waals surface area contributed by atoms with E-state index in [4.69, 9.17) is 10.00 Å². The summed E-state index contributed by atoms with van der Waals surface area (Å²) in [5, 5.41) is 12.0. The molecule has 1 saturated heterocycles. The van der Waals surface area contributed by atoms with E-state index in [1.54, 1.807) is 0 Å². The van der Waals surface area contributed by atoms with E-state index in [1.165, 1.54) is 50.9 Å². The minimum atomic E-state index is 0.554. The molecule has 0 spiro atoms. The zero-order valence-corrected chi connectivity index (χ0v) is 14.1. The number of hydrogen-bond acceptors (Lipinski definition) is 4. The summed E-state index contributed by atoms with van der Waals surface area (Å²) in [5.74, 6) is 0.899. The number of benzene rings is 1. The molecule has 2 rings (SSSR count). The van der Waals surface area contributed by atoms with Crippen LogP contribution >= 0.6 is 0 Å². The van der Waals surface area contributed by atoms with E-state index in [1.807, 2.05) is 12.1 Å². The fourth-order valence-corrected chi connectivity index (χ4v) is 2.93. The Bertz CT molecular complexity index is 478. The first-order chi connectivity index (χ1) is 11.4. The number of ether oxygens (including phenoxy) is 1. The normalized spacial score (nSPS) is 15.3. The zero-order valence-electron chi connectivity index (χ0n) is 14.1. The average molecular weight is 315 g/mol. The van der Waals surface area contributed by atoms with E-state index in [9.17, 15) is 0 Å². The van der Waals surface area contributed by atoms with Crippen molar-refractivity contribution < 1.29 is 4.74 Å². The van der Waals surface area contributed by atoms with Crippen molar-refractivity contribution in [2.45, 2.75) is 45.1 Å². The van der Waals surface area contributed by atoms with Gasteiger partial charge in [-0.2, -0.15) is 5.26 Å². The number of likely N-dealkylation sites (tertiary alicyclic amines) is 1. The van der Waals surface area contributed by atoms with E-state index < -0.39 is 0 Å². The largest absolute Gasteiger partial charge is 0.494 e. The molecule has 1 heterocycles. The highest BCUT2D eigenvalue weighted by Crippen LogP contribution is 2.14. The van der Waals surface area contributed by atoms with Crippen molar-refractivity contribution in [1.29, 1.82) is 5.26 Å².